The molecule has 0 bridgehead atoms. The second kappa shape index (κ2) is 12.7. The van der Waals surface area contributed by atoms with Crippen molar-refractivity contribution in [3.05, 3.63) is 0 Å². The van der Waals surface area contributed by atoms with Crippen LogP contribution in [0.4, 0.5) is 0 Å². The predicted molar refractivity (Wildman–Crippen MR) is 69.6 cm³/mol. The van der Waals surface area contributed by atoms with E-state index in [9.17, 15) is 0 Å². The van der Waals surface area contributed by atoms with Gasteiger partial charge in [-0.1, -0.05) is 0 Å². The Hall–Kier alpha value is 0.723. The topological polar surface area (TPSA) is 36.9 Å². The van der Waals surface area contributed by atoms with E-state index in [1.165, 1.54) is 0 Å². The van der Waals surface area contributed by atoms with E-state index in [0.29, 0.717) is 19.8 Å². The minimum atomic E-state index is -3.69. The van der Waals surface area contributed by atoms with Gasteiger partial charge < -0.3 is 0 Å². The van der Waals surface area contributed by atoms with Crippen LogP contribution < -0.4 is 0 Å². The third-order valence-electron chi connectivity index (χ3n) is 2.58. The zero-order valence-corrected chi connectivity index (χ0v) is 15.0. The number of unbranched alkanes of at least 4 members (excludes halogenated alkanes) is 3. The summed E-state index contributed by atoms with van der Waals surface area (Å²) >= 11 is -3.69. The van der Waals surface area contributed by atoms with Crippen molar-refractivity contribution in [1.29, 1.82) is 0 Å². The molecule has 0 heterocycles. The summed E-state index contributed by atoms with van der Waals surface area (Å²) in [6.07, 6.45) is 6.39. The summed E-state index contributed by atoms with van der Waals surface area (Å²) in [7, 11) is 1.65. The van der Waals surface area contributed by atoms with Gasteiger partial charge in [-0.3, -0.25) is 0 Å². The summed E-state index contributed by atoms with van der Waals surface area (Å²) in [5.74, 6) is 0. The zero-order valence-electron chi connectivity index (χ0n) is 12.5. The first-order valence-corrected chi connectivity index (χ1v) is 11.2. The van der Waals surface area contributed by atoms with Gasteiger partial charge in [0.15, 0.2) is 0 Å². The molecule has 5 heteroatoms. The first kappa shape index (κ1) is 18.7. The molecule has 0 aromatic heterocycles. The Morgan fingerprint density at radius 2 is 1.00 bits per heavy atom. The van der Waals surface area contributed by atoms with Gasteiger partial charge >= 0.3 is 120 Å². The molecule has 0 spiro atoms. The van der Waals surface area contributed by atoms with Crippen molar-refractivity contribution in [1.82, 2.24) is 0 Å². The standard InChI is InChI=1S/3C4H9O.CH3O.Zr/c3*1-2-3-4-5;1-2;/h3*2-4H2,1H3;1H3;/q4*-1;+4. The van der Waals surface area contributed by atoms with E-state index < -0.39 is 22.0 Å². The Labute approximate surface area is 119 Å². The van der Waals surface area contributed by atoms with Gasteiger partial charge in [0.1, 0.15) is 0 Å². The molecule has 0 aromatic rings. The number of hydrogen-bond donors (Lipinski definition) is 0. The van der Waals surface area contributed by atoms with Crippen molar-refractivity contribution in [2.24, 2.45) is 0 Å². The third-order valence-corrected chi connectivity index (χ3v) is 7.92. The van der Waals surface area contributed by atoms with Crippen LogP contribution in [-0.2, 0) is 33.3 Å². The first-order chi connectivity index (χ1) is 8.74. The molecular weight excluding hydrogens is 311 g/mol. The van der Waals surface area contributed by atoms with Gasteiger partial charge in [-0.15, -0.1) is 0 Å². The number of rotatable bonds is 13. The molecule has 0 radical (unpaired) electrons. The molecule has 0 unspecified atom stereocenters. The molecule has 0 saturated carbocycles. The summed E-state index contributed by atoms with van der Waals surface area (Å²) in [5.41, 5.74) is 0. The van der Waals surface area contributed by atoms with Gasteiger partial charge in [-0.05, 0) is 0 Å². The SMILES string of the molecule is CCCC[O][Zr]([O]C)([O]CCCC)[O]CCCC. The van der Waals surface area contributed by atoms with Crippen molar-refractivity contribution < 1.29 is 33.3 Å². The summed E-state index contributed by atoms with van der Waals surface area (Å²) in [4.78, 5) is 0. The third kappa shape index (κ3) is 8.76. The summed E-state index contributed by atoms with van der Waals surface area (Å²) in [6, 6.07) is 0. The van der Waals surface area contributed by atoms with Gasteiger partial charge in [0.25, 0.3) is 0 Å². The Morgan fingerprint density at radius 3 is 1.22 bits per heavy atom. The van der Waals surface area contributed by atoms with Crippen LogP contribution in [0.15, 0.2) is 0 Å². The normalized spacial score (nSPS) is 12.0. The summed E-state index contributed by atoms with van der Waals surface area (Å²) < 4.78 is 23.1. The average molecular weight is 342 g/mol. The Balaban J connectivity index is 4.20. The van der Waals surface area contributed by atoms with Crippen LogP contribution in [0.5, 0.6) is 0 Å². The molecule has 0 rings (SSSR count). The van der Waals surface area contributed by atoms with Crippen LogP contribution in [0.2, 0.25) is 0 Å². The molecule has 0 aliphatic heterocycles. The summed E-state index contributed by atoms with van der Waals surface area (Å²) in [6.45, 7) is 8.46. The van der Waals surface area contributed by atoms with E-state index in [1.54, 1.807) is 7.11 Å². The quantitative estimate of drug-likeness (QED) is 0.476. The van der Waals surface area contributed by atoms with Gasteiger partial charge in [0.05, 0.1) is 0 Å². The number of hydrogen-bond acceptors (Lipinski definition) is 4. The maximum atomic E-state index is 5.86. The predicted octanol–water partition coefficient (Wildman–Crippen LogP) is 3.90. The minimum absolute atomic E-state index is 0.679. The van der Waals surface area contributed by atoms with Crippen molar-refractivity contribution in [2.75, 3.05) is 26.9 Å². The average Bonchev–Trinajstić information content (AvgIpc) is 2.39. The zero-order chi connectivity index (χ0) is 13.7. The van der Waals surface area contributed by atoms with Gasteiger partial charge in [-0.25, -0.2) is 0 Å². The van der Waals surface area contributed by atoms with Crippen LogP contribution in [0.1, 0.15) is 59.3 Å². The molecule has 0 amide bonds. The van der Waals surface area contributed by atoms with E-state index in [1.807, 2.05) is 0 Å². The van der Waals surface area contributed by atoms with E-state index in [2.05, 4.69) is 20.8 Å². The molecule has 0 aliphatic rings. The summed E-state index contributed by atoms with van der Waals surface area (Å²) in [5, 5.41) is 0. The molecule has 0 atom stereocenters. The van der Waals surface area contributed by atoms with Crippen LogP contribution in [0, 0.1) is 0 Å². The van der Waals surface area contributed by atoms with Crippen molar-refractivity contribution in [2.45, 2.75) is 59.3 Å². The molecular formula is C13H30O4Zr. The van der Waals surface area contributed by atoms with Crippen LogP contribution in [-0.4, -0.2) is 26.9 Å². The van der Waals surface area contributed by atoms with Crippen LogP contribution >= 0.6 is 0 Å². The fraction of sp³-hybridized carbons (Fsp3) is 1.00. The fourth-order valence-corrected chi connectivity index (χ4v) is 5.72. The molecule has 0 fully saturated rings. The second-order valence-corrected chi connectivity index (χ2v) is 9.90. The van der Waals surface area contributed by atoms with Crippen LogP contribution in [0.3, 0.4) is 0 Å². The van der Waals surface area contributed by atoms with Gasteiger partial charge in [-0.2, -0.15) is 0 Å². The molecule has 0 aromatic carbocycles. The fourth-order valence-electron chi connectivity index (χ4n) is 1.33. The molecule has 0 aliphatic carbocycles. The molecule has 110 valence electrons. The molecule has 18 heavy (non-hydrogen) atoms. The second-order valence-electron chi connectivity index (χ2n) is 4.31. The van der Waals surface area contributed by atoms with Crippen molar-refractivity contribution >= 4 is 0 Å². The van der Waals surface area contributed by atoms with Crippen molar-refractivity contribution in [3.63, 3.8) is 0 Å². The molecule has 0 N–H and O–H groups in total. The monoisotopic (exact) mass is 340 g/mol. The molecule has 4 nitrogen and oxygen atoms in total. The Morgan fingerprint density at radius 1 is 0.667 bits per heavy atom. The van der Waals surface area contributed by atoms with E-state index in [4.69, 9.17) is 11.3 Å². The van der Waals surface area contributed by atoms with Crippen LogP contribution in [0.25, 0.3) is 0 Å². The maximum absolute atomic E-state index is 5.86. The Bertz CT molecular complexity index is 152. The van der Waals surface area contributed by atoms with E-state index >= 15 is 0 Å². The Kier molecular flexibility index (Phi) is 13.3. The first-order valence-electron chi connectivity index (χ1n) is 7.21. The van der Waals surface area contributed by atoms with E-state index in [0.717, 1.165) is 38.5 Å². The van der Waals surface area contributed by atoms with Gasteiger partial charge in [0.2, 0.25) is 0 Å². The molecule has 0 saturated heterocycles. The van der Waals surface area contributed by atoms with Gasteiger partial charge in [0, 0.05) is 0 Å². The van der Waals surface area contributed by atoms with E-state index in [-0.39, 0.29) is 0 Å². The van der Waals surface area contributed by atoms with Crippen molar-refractivity contribution in [3.8, 4) is 0 Å².